The summed E-state index contributed by atoms with van der Waals surface area (Å²) in [5.74, 6) is 0.292. The Balaban J connectivity index is 1.74. The summed E-state index contributed by atoms with van der Waals surface area (Å²) in [6.07, 6.45) is 2.65. The van der Waals surface area contributed by atoms with Crippen molar-refractivity contribution in [3.8, 4) is 5.75 Å². The second kappa shape index (κ2) is 9.56. The zero-order chi connectivity index (χ0) is 18.9. The number of carbonyl (C=O) groups is 2. The van der Waals surface area contributed by atoms with Crippen LogP contribution in [0.15, 0.2) is 42.6 Å². The molecule has 0 spiro atoms. The highest BCUT2D eigenvalue weighted by atomic mass is 16.5. The van der Waals surface area contributed by atoms with Crippen LogP contribution in [-0.4, -0.2) is 36.5 Å². The highest BCUT2D eigenvalue weighted by Gasteiger charge is 2.11. The number of aromatic nitrogens is 1. The number of pyridine rings is 1. The molecule has 0 aliphatic rings. The molecule has 2 aromatic rings. The molecule has 1 atom stereocenters. The fraction of sp³-hybridized carbons (Fsp3) is 0.350. The number of methoxy groups -OCH3 is 1. The number of aryl methyl sites for hydroxylation is 1. The standard InChI is InChI=1S/C20H25N3O3/c1-14-6-5-10-21-18(14)12-15(2)23-19(24)9-11-22-20(25)16-7-4-8-17(13-16)26-3/h4-8,10,13,15H,9,11-12H2,1-3H3,(H,22,25)(H,23,24)/t15-/m1/s1. The Hall–Kier alpha value is -2.89. The lowest BCUT2D eigenvalue weighted by Gasteiger charge is -2.15. The molecule has 0 fully saturated rings. The van der Waals surface area contributed by atoms with Crippen molar-refractivity contribution >= 4 is 11.8 Å². The first-order valence-corrected chi connectivity index (χ1v) is 8.61. The predicted octanol–water partition coefficient (Wildman–Crippen LogP) is 2.27. The lowest BCUT2D eigenvalue weighted by atomic mass is 10.1. The van der Waals surface area contributed by atoms with Gasteiger partial charge in [0.2, 0.25) is 5.91 Å². The van der Waals surface area contributed by atoms with Crippen LogP contribution in [0.4, 0.5) is 0 Å². The third-order valence-electron chi connectivity index (χ3n) is 3.99. The van der Waals surface area contributed by atoms with Crippen LogP contribution < -0.4 is 15.4 Å². The molecule has 2 N–H and O–H groups in total. The number of rotatable bonds is 8. The summed E-state index contributed by atoms with van der Waals surface area (Å²) in [5, 5.41) is 5.68. The van der Waals surface area contributed by atoms with Gasteiger partial charge in [0, 0.05) is 42.9 Å². The lowest BCUT2D eigenvalue weighted by Crippen LogP contribution is -2.36. The van der Waals surface area contributed by atoms with Crippen LogP contribution in [0.2, 0.25) is 0 Å². The fourth-order valence-corrected chi connectivity index (χ4v) is 2.58. The van der Waals surface area contributed by atoms with Gasteiger partial charge in [-0.15, -0.1) is 0 Å². The summed E-state index contributed by atoms with van der Waals surface area (Å²) in [7, 11) is 1.55. The van der Waals surface area contributed by atoms with E-state index in [-0.39, 0.29) is 30.8 Å². The molecule has 1 heterocycles. The molecule has 0 unspecified atom stereocenters. The fourth-order valence-electron chi connectivity index (χ4n) is 2.58. The zero-order valence-electron chi connectivity index (χ0n) is 15.4. The number of amides is 2. The maximum absolute atomic E-state index is 12.1. The molecule has 0 saturated heterocycles. The SMILES string of the molecule is COc1cccc(C(=O)NCCC(=O)N[C@H](C)Cc2ncccc2C)c1. The van der Waals surface area contributed by atoms with Gasteiger partial charge in [-0.05, 0) is 43.7 Å². The zero-order valence-corrected chi connectivity index (χ0v) is 15.4. The minimum absolute atomic E-state index is 0.0230. The number of nitrogens with zero attached hydrogens (tertiary/aromatic N) is 1. The van der Waals surface area contributed by atoms with Gasteiger partial charge >= 0.3 is 0 Å². The predicted molar refractivity (Wildman–Crippen MR) is 100 cm³/mol. The van der Waals surface area contributed by atoms with Gasteiger partial charge in [-0.2, -0.15) is 0 Å². The maximum Gasteiger partial charge on any atom is 0.251 e. The van der Waals surface area contributed by atoms with Gasteiger partial charge in [-0.3, -0.25) is 14.6 Å². The van der Waals surface area contributed by atoms with Gasteiger partial charge < -0.3 is 15.4 Å². The Morgan fingerprint density at radius 3 is 2.77 bits per heavy atom. The molecule has 6 nitrogen and oxygen atoms in total. The van der Waals surface area contributed by atoms with Crippen molar-refractivity contribution in [1.82, 2.24) is 15.6 Å². The third-order valence-corrected chi connectivity index (χ3v) is 3.99. The maximum atomic E-state index is 12.1. The topological polar surface area (TPSA) is 80.3 Å². The highest BCUT2D eigenvalue weighted by molar-refractivity contribution is 5.94. The van der Waals surface area contributed by atoms with Crippen LogP contribution >= 0.6 is 0 Å². The second-order valence-electron chi connectivity index (χ2n) is 6.18. The number of hydrogen-bond acceptors (Lipinski definition) is 4. The summed E-state index contributed by atoms with van der Waals surface area (Å²) in [6, 6.07) is 10.8. The Morgan fingerprint density at radius 2 is 2.04 bits per heavy atom. The van der Waals surface area contributed by atoms with E-state index >= 15 is 0 Å². The van der Waals surface area contributed by atoms with Crippen LogP contribution in [0, 0.1) is 6.92 Å². The number of nitrogens with one attached hydrogen (secondary N) is 2. The van der Waals surface area contributed by atoms with Gasteiger partial charge in [0.25, 0.3) is 5.91 Å². The summed E-state index contributed by atoms with van der Waals surface area (Å²) in [6.45, 7) is 4.23. The normalized spacial score (nSPS) is 11.5. The Labute approximate surface area is 154 Å². The molecule has 138 valence electrons. The van der Waals surface area contributed by atoms with E-state index in [2.05, 4.69) is 15.6 Å². The molecule has 6 heteroatoms. The van der Waals surface area contributed by atoms with Crippen molar-refractivity contribution in [3.63, 3.8) is 0 Å². The summed E-state index contributed by atoms with van der Waals surface area (Å²) in [4.78, 5) is 28.5. The molecular formula is C20H25N3O3. The van der Waals surface area contributed by atoms with E-state index in [0.29, 0.717) is 17.7 Å². The molecule has 2 amide bonds. The average Bonchev–Trinajstić information content (AvgIpc) is 2.63. The number of benzene rings is 1. The van der Waals surface area contributed by atoms with Crippen LogP contribution in [0.1, 0.15) is 35.0 Å². The Bertz CT molecular complexity index is 761. The summed E-state index contributed by atoms with van der Waals surface area (Å²) in [5.41, 5.74) is 2.59. The smallest absolute Gasteiger partial charge is 0.251 e. The van der Waals surface area contributed by atoms with Crippen LogP contribution in [0.5, 0.6) is 5.75 Å². The first kappa shape index (κ1) is 19.4. The summed E-state index contributed by atoms with van der Waals surface area (Å²) >= 11 is 0. The largest absolute Gasteiger partial charge is 0.497 e. The van der Waals surface area contributed by atoms with E-state index in [1.165, 1.54) is 0 Å². The van der Waals surface area contributed by atoms with Gasteiger partial charge in [0.1, 0.15) is 5.75 Å². The highest BCUT2D eigenvalue weighted by Crippen LogP contribution is 2.12. The number of hydrogen-bond donors (Lipinski definition) is 2. The Kier molecular flexibility index (Phi) is 7.14. The molecule has 2 rings (SSSR count). The summed E-state index contributed by atoms with van der Waals surface area (Å²) < 4.78 is 5.10. The Morgan fingerprint density at radius 1 is 1.23 bits per heavy atom. The first-order valence-electron chi connectivity index (χ1n) is 8.61. The van der Waals surface area contributed by atoms with Gasteiger partial charge in [-0.25, -0.2) is 0 Å². The van der Waals surface area contributed by atoms with E-state index in [9.17, 15) is 9.59 Å². The van der Waals surface area contributed by atoms with E-state index in [1.54, 1.807) is 37.6 Å². The minimum atomic E-state index is -0.228. The number of carbonyl (C=O) groups excluding carboxylic acids is 2. The van der Waals surface area contributed by atoms with Crippen molar-refractivity contribution < 1.29 is 14.3 Å². The molecule has 0 bridgehead atoms. The molecular weight excluding hydrogens is 330 g/mol. The molecule has 0 aliphatic heterocycles. The molecule has 0 aliphatic carbocycles. The van der Waals surface area contributed by atoms with E-state index in [0.717, 1.165) is 11.3 Å². The van der Waals surface area contributed by atoms with Crippen LogP contribution in [0.25, 0.3) is 0 Å². The van der Waals surface area contributed by atoms with Crippen molar-refractivity contribution in [1.29, 1.82) is 0 Å². The average molecular weight is 355 g/mol. The van der Waals surface area contributed by atoms with Crippen molar-refractivity contribution in [2.45, 2.75) is 32.7 Å². The van der Waals surface area contributed by atoms with Gasteiger partial charge in [-0.1, -0.05) is 12.1 Å². The molecule has 0 radical (unpaired) electrons. The van der Waals surface area contributed by atoms with Gasteiger partial charge in [0.15, 0.2) is 0 Å². The first-order chi connectivity index (χ1) is 12.5. The molecule has 26 heavy (non-hydrogen) atoms. The van der Waals surface area contributed by atoms with E-state index < -0.39 is 0 Å². The number of ether oxygens (including phenoxy) is 1. The lowest BCUT2D eigenvalue weighted by molar-refractivity contribution is -0.121. The van der Waals surface area contributed by atoms with Gasteiger partial charge in [0.05, 0.1) is 7.11 Å². The van der Waals surface area contributed by atoms with Crippen molar-refractivity contribution in [2.24, 2.45) is 0 Å². The van der Waals surface area contributed by atoms with Crippen molar-refractivity contribution in [2.75, 3.05) is 13.7 Å². The van der Waals surface area contributed by atoms with Crippen molar-refractivity contribution in [3.05, 3.63) is 59.4 Å². The van der Waals surface area contributed by atoms with Crippen LogP contribution in [-0.2, 0) is 11.2 Å². The van der Waals surface area contributed by atoms with E-state index in [1.807, 2.05) is 26.0 Å². The third kappa shape index (κ3) is 5.88. The monoisotopic (exact) mass is 355 g/mol. The second-order valence-corrected chi connectivity index (χ2v) is 6.18. The molecule has 1 aromatic heterocycles. The van der Waals surface area contributed by atoms with Crippen LogP contribution in [0.3, 0.4) is 0 Å². The van der Waals surface area contributed by atoms with E-state index in [4.69, 9.17) is 4.74 Å². The minimum Gasteiger partial charge on any atom is -0.497 e. The quantitative estimate of drug-likeness (QED) is 0.761. The molecule has 1 aromatic carbocycles. The molecule has 0 saturated carbocycles.